The highest BCUT2D eigenvalue weighted by atomic mass is 16.6. The van der Waals surface area contributed by atoms with Crippen molar-refractivity contribution < 1.29 is 19.4 Å². The molecule has 0 aromatic carbocycles. The zero-order valence-corrected chi connectivity index (χ0v) is 14.8. The van der Waals surface area contributed by atoms with Gasteiger partial charge < -0.3 is 19.6 Å². The molecule has 0 aromatic heterocycles. The summed E-state index contributed by atoms with van der Waals surface area (Å²) in [5.74, 6) is -0.819. The van der Waals surface area contributed by atoms with Crippen molar-refractivity contribution in [2.24, 2.45) is 0 Å². The fourth-order valence-corrected chi connectivity index (χ4v) is 3.30. The van der Waals surface area contributed by atoms with E-state index in [1.54, 1.807) is 4.90 Å². The van der Waals surface area contributed by atoms with Gasteiger partial charge in [-0.25, -0.2) is 4.79 Å². The van der Waals surface area contributed by atoms with E-state index in [1.165, 1.54) is 0 Å². The maximum absolute atomic E-state index is 12.1. The molecule has 2 aliphatic rings. The summed E-state index contributed by atoms with van der Waals surface area (Å²) in [6.45, 7) is 11.0. The molecular weight excluding hydrogens is 298 g/mol. The van der Waals surface area contributed by atoms with Gasteiger partial charge in [-0.1, -0.05) is 0 Å². The van der Waals surface area contributed by atoms with Crippen LogP contribution in [0, 0.1) is 0 Å². The average molecular weight is 327 g/mol. The summed E-state index contributed by atoms with van der Waals surface area (Å²) in [5, 5.41) is 9.30. The van der Waals surface area contributed by atoms with Crippen molar-refractivity contribution in [3.63, 3.8) is 0 Å². The molecule has 0 radical (unpaired) electrons. The van der Waals surface area contributed by atoms with Gasteiger partial charge in [0.05, 0.1) is 12.0 Å². The standard InChI is InChI=1S/C16H29N3O4/c1-12-9-19(7-6-17(12)5)16(8-13(20)21)10-18(11-16)14(22)23-15(2,3)4/h12H,6-11H2,1-5H3,(H,20,21). The molecule has 23 heavy (non-hydrogen) atoms. The van der Waals surface area contributed by atoms with Gasteiger partial charge in [-0.05, 0) is 34.7 Å². The highest BCUT2D eigenvalue weighted by Gasteiger charge is 2.52. The van der Waals surface area contributed by atoms with Crippen molar-refractivity contribution in [2.75, 3.05) is 39.8 Å². The fraction of sp³-hybridized carbons (Fsp3) is 0.875. The molecule has 2 fully saturated rings. The van der Waals surface area contributed by atoms with Crippen LogP contribution < -0.4 is 0 Å². The van der Waals surface area contributed by atoms with Crippen LogP contribution in [0.25, 0.3) is 0 Å². The summed E-state index contributed by atoms with van der Waals surface area (Å²) in [6.07, 6.45) is -0.302. The van der Waals surface area contributed by atoms with Crippen molar-refractivity contribution in [3.05, 3.63) is 0 Å². The van der Waals surface area contributed by atoms with Crippen molar-refractivity contribution in [3.8, 4) is 0 Å². The Morgan fingerprint density at radius 2 is 1.87 bits per heavy atom. The van der Waals surface area contributed by atoms with E-state index in [0.717, 1.165) is 19.6 Å². The summed E-state index contributed by atoms with van der Waals surface area (Å²) in [4.78, 5) is 29.6. The van der Waals surface area contributed by atoms with E-state index in [2.05, 4.69) is 23.8 Å². The number of carbonyl (C=O) groups excluding carboxylic acids is 1. The van der Waals surface area contributed by atoms with Gasteiger partial charge in [-0.3, -0.25) is 9.69 Å². The first kappa shape index (κ1) is 18.0. The predicted molar refractivity (Wildman–Crippen MR) is 86.5 cm³/mol. The highest BCUT2D eigenvalue weighted by Crippen LogP contribution is 2.34. The minimum atomic E-state index is -0.819. The third-order valence-electron chi connectivity index (χ3n) is 4.73. The Balaban J connectivity index is 2.03. The quantitative estimate of drug-likeness (QED) is 0.836. The van der Waals surface area contributed by atoms with Crippen molar-refractivity contribution in [1.29, 1.82) is 0 Å². The van der Waals surface area contributed by atoms with Crippen molar-refractivity contribution in [1.82, 2.24) is 14.7 Å². The molecule has 1 unspecified atom stereocenters. The van der Waals surface area contributed by atoms with Crippen LogP contribution in [0.1, 0.15) is 34.1 Å². The SMILES string of the molecule is CC1CN(C2(CC(=O)O)CN(C(=O)OC(C)(C)C)C2)CCN1C. The zero-order chi connectivity index (χ0) is 17.4. The van der Waals surface area contributed by atoms with Gasteiger partial charge in [0.25, 0.3) is 0 Å². The van der Waals surface area contributed by atoms with Crippen LogP contribution in [0.3, 0.4) is 0 Å². The fourth-order valence-electron chi connectivity index (χ4n) is 3.30. The molecule has 0 aliphatic carbocycles. The number of ether oxygens (including phenoxy) is 1. The molecule has 132 valence electrons. The van der Waals surface area contributed by atoms with Crippen LogP contribution in [0.15, 0.2) is 0 Å². The molecule has 7 heteroatoms. The minimum absolute atomic E-state index is 0.0583. The number of likely N-dealkylation sites (N-methyl/N-ethyl adjacent to an activating group) is 1. The first-order valence-electron chi connectivity index (χ1n) is 8.17. The van der Waals surface area contributed by atoms with E-state index in [1.807, 2.05) is 20.8 Å². The molecule has 1 atom stereocenters. The van der Waals surface area contributed by atoms with Gasteiger partial charge in [-0.2, -0.15) is 0 Å². The number of likely N-dealkylation sites (tertiary alicyclic amines) is 1. The molecular formula is C16H29N3O4. The van der Waals surface area contributed by atoms with E-state index in [-0.39, 0.29) is 12.5 Å². The Bertz CT molecular complexity index is 468. The van der Waals surface area contributed by atoms with Crippen LogP contribution in [-0.4, -0.2) is 88.8 Å². The second-order valence-corrected chi connectivity index (χ2v) is 7.91. The smallest absolute Gasteiger partial charge is 0.410 e. The molecule has 7 nitrogen and oxygen atoms in total. The first-order valence-corrected chi connectivity index (χ1v) is 8.17. The predicted octanol–water partition coefficient (Wildman–Crippen LogP) is 1.09. The number of carboxylic acid groups (broad SMARTS) is 1. The maximum Gasteiger partial charge on any atom is 0.410 e. The van der Waals surface area contributed by atoms with Crippen LogP contribution in [0.2, 0.25) is 0 Å². The number of carboxylic acids is 1. The normalized spacial score (nSPS) is 25.8. The molecule has 0 aromatic rings. The monoisotopic (exact) mass is 327 g/mol. The first-order chi connectivity index (χ1) is 10.5. The summed E-state index contributed by atoms with van der Waals surface area (Å²) < 4.78 is 5.38. The van der Waals surface area contributed by atoms with Gasteiger partial charge in [0.2, 0.25) is 0 Å². The summed E-state index contributed by atoms with van der Waals surface area (Å²) in [5.41, 5.74) is -0.997. The third-order valence-corrected chi connectivity index (χ3v) is 4.73. The number of hydrogen-bond acceptors (Lipinski definition) is 5. The van der Waals surface area contributed by atoms with E-state index in [0.29, 0.717) is 19.1 Å². The molecule has 0 spiro atoms. The van der Waals surface area contributed by atoms with Gasteiger partial charge in [0.15, 0.2) is 0 Å². The number of rotatable bonds is 3. The van der Waals surface area contributed by atoms with Gasteiger partial charge in [0.1, 0.15) is 5.60 Å². The van der Waals surface area contributed by atoms with Gasteiger partial charge >= 0.3 is 12.1 Å². The Morgan fingerprint density at radius 3 is 2.35 bits per heavy atom. The van der Waals surface area contributed by atoms with E-state index >= 15 is 0 Å². The lowest BCUT2D eigenvalue weighted by atomic mass is 9.83. The number of amides is 1. The Kier molecular flexibility index (Phi) is 4.92. The lowest BCUT2D eigenvalue weighted by molar-refractivity contribution is -0.148. The maximum atomic E-state index is 12.1. The number of nitrogens with zero attached hydrogens (tertiary/aromatic N) is 3. The van der Waals surface area contributed by atoms with Crippen molar-refractivity contribution in [2.45, 2.75) is 51.3 Å². The Hall–Kier alpha value is -1.34. The average Bonchev–Trinajstić information content (AvgIpc) is 2.34. The lowest BCUT2D eigenvalue weighted by Gasteiger charge is -2.57. The Morgan fingerprint density at radius 1 is 1.26 bits per heavy atom. The van der Waals surface area contributed by atoms with Gasteiger partial charge in [-0.15, -0.1) is 0 Å². The molecule has 1 amide bonds. The van der Waals surface area contributed by atoms with E-state index in [9.17, 15) is 14.7 Å². The largest absolute Gasteiger partial charge is 0.481 e. The van der Waals surface area contributed by atoms with Crippen LogP contribution in [0.5, 0.6) is 0 Å². The van der Waals surface area contributed by atoms with E-state index < -0.39 is 17.1 Å². The molecule has 2 aliphatic heterocycles. The van der Waals surface area contributed by atoms with Crippen LogP contribution in [0.4, 0.5) is 4.79 Å². The number of piperazine rings is 1. The van der Waals surface area contributed by atoms with Crippen molar-refractivity contribution >= 4 is 12.1 Å². The second-order valence-electron chi connectivity index (χ2n) is 7.91. The van der Waals surface area contributed by atoms with E-state index in [4.69, 9.17) is 4.74 Å². The molecule has 2 rings (SSSR count). The van der Waals surface area contributed by atoms with Gasteiger partial charge in [0, 0.05) is 38.8 Å². The number of carbonyl (C=O) groups is 2. The van der Waals surface area contributed by atoms with Crippen LogP contribution in [-0.2, 0) is 9.53 Å². The third kappa shape index (κ3) is 4.14. The minimum Gasteiger partial charge on any atom is -0.481 e. The Labute approximate surface area is 138 Å². The summed E-state index contributed by atoms with van der Waals surface area (Å²) in [6, 6.07) is 0.380. The molecule has 1 N–H and O–H groups in total. The topological polar surface area (TPSA) is 73.3 Å². The molecule has 0 bridgehead atoms. The number of hydrogen-bond donors (Lipinski definition) is 1. The summed E-state index contributed by atoms with van der Waals surface area (Å²) >= 11 is 0. The molecule has 0 saturated carbocycles. The second kappa shape index (κ2) is 6.28. The zero-order valence-electron chi connectivity index (χ0n) is 14.8. The molecule has 2 heterocycles. The highest BCUT2D eigenvalue weighted by molar-refractivity contribution is 5.73. The number of aliphatic carboxylic acids is 1. The van der Waals surface area contributed by atoms with Crippen LogP contribution >= 0.6 is 0 Å². The molecule has 2 saturated heterocycles. The lowest BCUT2D eigenvalue weighted by Crippen LogP contribution is -2.74. The summed E-state index contributed by atoms with van der Waals surface area (Å²) in [7, 11) is 2.08.